The van der Waals surface area contributed by atoms with E-state index in [1.54, 1.807) is 0 Å². The number of carbonyl (C=O) groups excluding carboxylic acids is 2. The topological polar surface area (TPSA) is 86.8 Å². The average molecular weight is 534 g/mol. The first-order valence-electron chi connectivity index (χ1n) is 12.5. The second-order valence-electron chi connectivity index (χ2n) is 9.49. The van der Waals surface area contributed by atoms with Gasteiger partial charge in [0.2, 0.25) is 21.8 Å². The maximum absolute atomic E-state index is 13.6. The number of likely N-dealkylation sites (N-methyl/N-ethyl adjacent to an activating group) is 1. The van der Waals surface area contributed by atoms with E-state index in [1.165, 1.54) is 42.6 Å². The zero-order valence-electron chi connectivity index (χ0n) is 21.2. The van der Waals surface area contributed by atoms with E-state index in [0.717, 1.165) is 41.1 Å². The molecule has 2 amide bonds. The Morgan fingerprint density at radius 1 is 1.08 bits per heavy atom. The first-order valence-corrected chi connectivity index (χ1v) is 14.3. The van der Waals surface area contributed by atoms with Crippen LogP contribution in [0.1, 0.15) is 56.6 Å². The van der Waals surface area contributed by atoms with Crippen LogP contribution < -0.4 is 5.32 Å². The first-order chi connectivity index (χ1) is 17.1. The van der Waals surface area contributed by atoms with Crippen molar-refractivity contribution >= 4 is 33.4 Å². The van der Waals surface area contributed by atoms with Crippen molar-refractivity contribution in [1.82, 2.24) is 14.5 Å². The lowest BCUT2D eigenvalue weighted by Gasteiger charge is -2.33. The molecule has 196 valence electrons. The summed E-state index contributed by atoms with van der Waals surface area (Å²) in [5, 5.41) is 3.56. The van der Waals surface area contributed by atoms with Gasteiger partial charge in [0.05, 0.1) is 11.4 Å². The van der Waals surface area contributed by atoms with E-state index in [0.29, 0.717) is 11.4 Å². The number of nitrogens with zero attached hydrogens (tertiary/aromatic N) is 2. The summed E-state index contributed by atoms with van der Waals surface area (Å²) in [4.78, 5) is 28.5. The molecular formula is C27H36ClN3O4S. The predicted molar refractivity (Wildman–Crippen MR) is 142 cm³/mol. The normalized spacial score (nSPS) is 15.5. The number of benzene rings is 2. The van der Waals surface area contributed by atoms with Crippen LogP contribution >= 0.6 is 11.6 Å². The number of sulfonamides is 1. The number of hydrogen-bond acceptors (Lipinski definition) is 4. The molecule has 0 radical (unpaired) electrons. The summed E-state index contributed by atoms with van der Waals surface area (Å²) < 4.78 is 27.2. The Kier molecular flexibility index (Phi) is 9.93. The minimum absolute atomic E-state index is 0.0505. The standard InChI is InChI=1S/C27H36ClN3O4S/c1-4-25(27(33)29-23-11-6-5-7-12-23)31(18-21-10-8-9-20(2)17-21)26(32)19-30(3)36(34,35)24-15-13-22(28)14-16-24/h8-10,13-17,23,25H,4-7,11-12,18-19H2,1-3H3,(H,29,33)/t25-/m1/s1. The Morgan fingerprint density at radius 2 is 1.75 bits per heavy atom. The van der Waals surface area contributed by atoms with Crippen molar-refractivity contribution in [2.24, 2.45) is 0 Å². The molecule has 3 rings (SSSR count). The van der Waals surface area contributed by atoms with E-state index < -0.39 is 22.0 Å². The Balaban J connectivity index is 1.83. The van der Waals surface area contributed by atoms with Gasteiger partial charge in [-0.1, -0.05) is 67.6 Å². The summed E-state index contributed by atoms with van der Waals surface area (Å²) in [5.74, 6) is -0.615. The second-order valence-corrected chi connectivity index (χ2v) is 12.0. The molecule has 0 aromatic heterocycles. The molecular weight excluding hydrogens is 498 g/mol. The Morgan fingerprint density at radius 3 is 2.36 bits per heavy atom. The van der Waals surface area contributed by atoms with Crippen LogP contribution in [0.3, 0.4) is 0 Å². The molecule has 2 aromatic rings. The monoisotopic (exact) mass is 533 g/mol. The van der Waals surface area contributed by atoms with Crippen molar-refractivity contribution in [2.75, 3.05) is 13.6 Å². The van der Waals surface area contributed by atoms with Crippen LogP contribution in [0.5, 0.6) is 0 Å². The Labute approximate surface area is 219 Å². The quantitative estimate of drug-likeness (QED) is 0.486. The highest BCUT2D eigenvalue weighted by Crippen LogP contribution is 2.21. The van der Waals surface area contributed by atoms with Gasteiger partial charge < -0.3 is 10.2 Å². The molecule has 0 bridgehead atoms. The highest BCUT2D eigenvalue weighted by Gasteiger charge is 2.32. The lowest BCUT2D eigenvalue weighted by Crippen LogP contribution is -2.53. The number of halogens is 1. The molecule has 1 atom stereocenters. The summed E-state index contributed by atoms with van der Waals surface area (Å²) >= 11 is 5.90. The SMILES string of the molecule is CC[C@H](C(=O)NC1CCCCC1)N(Cc1cccc(C)c1)C(=O)CN(C)S(=O)(=O)c1ccc(Cl)cc1. The molecule has 0 saturated heterocycles. The van der Waals surface area contributed by atoms with Gasteiger partial charge in [0, 0.05) is 24.7 Å². The van der Waals surface area contributed by atoms with Crippen molar-refractivity contribution < 1.29 is 18.0 Å². The molecule has 2 aromatic carbocycles. The smallest absolute Gasteiger partial charge is 0.243 e. The van der Waals surface area contributed by atoms with E-state index in [2.05, 4.69) is 5.32 Å². The van der Waals surface area contributed by atoms with Crippen molar-refractivity contribution in [1.29, 1.82) is 0 Å². The third-order valence-electron chi connectivity index (χ3n) is 6.65. The van der Waals surface area contributed by atoms with Gasteiger partial charge in [-0.05, 0) is 56.0 Å². The molecule has 36 heavy (non-hydrogen) atoms. The van der Waals surface area contributed by atoms with E-state index in [9.17, 15) is 18.0 Å². The maximum atomic E-state index is 13.6. The van der Waals surface area contributed by atoms with E-state index in [1.807, 2.05) is 38.1 Å². The molecule has 0 unspecified atom stereocenters. The van der Waals surface area contributed by atoms with Crippen LogP contribution in [0.2, 0.25) is 5.02 Å². The summed E-state index contributed by atoms with van der Waals surface area (Å²) in [6.07, 6.45) is 5.65. The summed E-state index contributed by atoms with van der Waals surface area (Å²) in [7, 11) is -2.54. The highest BCUT2D eigenvalue weighted by atomic mass is 35.5. The summed E-state index contributed by atoms with van der Waals surface area (Å²) in [6.45, 7) is 3.67. The fourth-order valence-electron chi connectivity index (χ4n) is 4.62. The lowest BCUT2D eigenvalue weighted by molar-refractivity contribution is -0.141. The molecule has 1 aliphatic carbocycles. The largest absolute Gasteiger partial charge is 0.352 e. The van der Waals surface area contributed by atoms with Gasteiger partial charge in [-0.15, -0.1) is 0 Å². The molecule has 9 heteroatoms. The highest BCUT2D eigenvalue weighted by molar-refractivity contribution is 7.89. The van der Waals surface area contributed by atoms with E-state index >= 15 is 0 Å². The third kappa shape index (κ3) is 7.31. The number of aryl methyl sites for hydroxylation is 1. The minimum Gasteiger partial charge on any atom is -0.352 e. The fourth-order valence-corrected chi connectivity index (χ4v) is 5.87. The summed E-state index contributed by atoms with van der Waals surface area (Å²) in [5.41, 5.74) is 1.93. The molecule has 0 heterocycles. The van der Waals surface area contributed by atoms with Crippen molar-refractivity contribution in [3.05, 3.63) is 64.7 Å². The van der Waals surface area contributed by atoms with Crippen molar-refractivity contribution in [2.45, 2.75) is 75.9 Å². The van der Waals surface area contributed by atoms with Gasteiger partial charge in [0.25, 0.3) is 0 Å². The van der Waals surface area contributed by atoms with E-state index in [-0.39, 0.29) is 29.9 Å². The zero-order valence-corrected chi connectivity index (χ0v) is 22.8. The molecule has 1 saturated carbocycles. The number of hydrogen-bond donors (Lipinski definition) is 1. The maximum Gasteiger partial charge on any atom is 0.243 e. The lowest BCUT2D eigenvalue weighted by atomic mass is 9.95. The number of nitrogens with one attached hydrogen (secondary N) is 1. The van der Waals surface area contributed by atoms with Crippen LogP contribution in [-0.2, 0) is 26.2 Å². The van der Waals surface area contributed by atoms with Crippen molar-refractivity contribution in [3.8, 4) is 0 Å². The van der Waals surface area contributed by atoms with Crippen LogP contribution in [0.25, 0.3) is 0 Å². The molecule has 7 nitrogen and oxygen atoms in total. The van der Waals surface area contributed by atoms with Gasteiger partial charge in [0.1, 0.15) is 6.04 Å². The first kappa shape index (κ1) is 28.2. The number of carbonyl (C=O) groups is 2. The summed E-state index contributed by atoms with van der Waals surface area (Å²) in [6, 6.07) is 13.0. The molecule has 0 spiro atoms. The van der Waals surface area contributed by atoms with Gasteiger partial charge >= 0.3 is 0 Å². The van der Waals surface area contributed by atoms with Crippen LogP contribution in [0.4, 0.5) is 0 Å². The molecule has 0 aliphatic heterocycles. The van der Waals surface area contributed by atoms with E-state index in [4.69, 9.17) is 11.6 Å². The number of amides is 2. The Bertz CT molecular complexity index is 1150. The van der Waals surface area contributed by atoms with Gasteiger partial charge in [-0.25, -0.2) is 8.42 Å². The molecule has 1 fully saturated rings. The second kappa shape index (κ2) is 12.7. The Hall–Kier alpha value is -2.42. The van der Waals surface area contributed by atoms with Gasteiger partial charge in [-0.3, -0.25) is 9.59 Å². The fraction of sp³-hybridized carbons (Fsp3) is 0.481. The van der Waals surface area contributed by atoms with Crippen LogP contribution in [0.15, 0.2) is 53.4 Å². The van der Waals surface area contributed by atoms with Crippen LogP contribution in [-0.4, -0.2) is 55.1 Å². The van der Waals surface area contributed by atoms with Crippen LogP contribution in [0, 0.1) is 6.92 Å². The van der Waals surface area contributed by atoms with Crippen molar-refractivity contribution in [3.63, 3.8) is 0 Å². The molecule has 1 aliphatic rings. The van der Waals surface area contributed by atoms with Gasteiger partial charge in [-0.2, -0.15) is 4.31 Å². The van der Waals surface area contributed by atoms with Gasteiger partial charge in [0.15, 0.2) is 0 Å². The number of rotatable bonds is 10. The third-order valence-corrected chi connectivity index (χ3v) is 8.72. The minimum atomic E-state index is -3.91. The zero-order chi connectivity index (χ0) is 26.3. The predicted octanol–water partition coefficient (Wildman–Crippen LogP) is 4.53. The molecule has 1 N–H and O–H groups in total. The average Bonchev–Trinajstić information content (AvgIpc) is 2.84.